The van der Waals surface area contributed by atoms with Crippen LogP contribution in [0.5, 0.6) is 0 Å². The summed E-state index contributed by atoms with van der Waals surface area (Å²) in [6.45, 7) is 0. The number of carbonyl (C=O) groups is 2. The Morgan fingerprint density at radius 3 is 1.85 bits per heavy atom. The predicted octanol–water partition coefficient (Wildman–Crippen LogP) is 1.43. The van der Waals surface area contributed by atoms with E-state index in [1.54, 1.807) is 7.05 Å². The van der Waals surface area contributed by atoms with Crippen molar-refractivity contribution >= 4 is 11.8 Å². The van der Waals surface area contributed by atoms with Gasteiger partial charge in [0, 0.05) is 7.05 Å². The van der Waals surface area contributed by atoms with Gasteiger partial charge >= 0.3 is 0 Å². The van der Waals surface area contributed by atoms with E-state index in [0.717, 1.165) is 25.7 Å². The molecule has 2 fully saturated rings. The molecule has 1 aliphatic heterocycles. The lowest BCUT2D eigenvalue weighted by Crippen LogP contribution is -2.25. The minimum Gasteiger partial charge on any atom is -0.285 e. The highest BCUT2D eigenvalue weighted by Crippen LogP contribution is 2.37. The van der Waals surface area contributed by atoms with Gasteiger partial charge in [0.25, 0.3) is 0 Å². The molecule has 0 aromatic rings. The largest absolute Gasteiger partial charge is 0.285 e. The number of nitrogens with zero attached hydrogens (tertiary/aromatic N) is 1. The van der Waals surface area contributed by atoms with Gasteiger partial charge in [0.2, 0.25) is 11.8 Å². The van der Waals surface area contributed by atoms with E-state index in [9.17, 15) is 9.59 Å². The standard InChI is InChI=1S/C9H13NO2.CH4/c1-10-8(11)6-4-2-3-5-7(6)9(10)12;/h6-7H,2-5H2,1H3;1H4/t6-,7+;. The van der Waals surface area contributed by atoms with Gasteiger partial charge in [-0.25, -0.2) is 0 Å². The lowest BCUT2D eigenvalue weighted by Gasteiger charge is -2.19. The quantitative estimate of drug-likeness (QED) is 0.533. The van der Waals surface area contributed by atoms with Crippen molar-refractivity contribution in [1.82, 2.24) is 4.90 Å². The van der Waals surface area contributed by atoms with Gasteiger partial charge in [-0.2, -0.15) is 0 Å². The molecule has 2 rings (SSSR count). The molecule has 1 aliphatic carbocycles. The molecule has 0 radical (unpaired) electrons. The Morgan fingerprint density at radius 2 is 1.46 bits per heavy atom. The summed E-state index contributed by atoms with van der Waals surface area (Å²) in [5, 5.41) is 0. The van der Waals surface area contributed by atoms with Crippen molar-refractivity contribution in [2.24, 2.45) is 11.8 Å². The molecular weight excluding hydrogens is 166 g/mol. The topological polar surface area (TPSA) is 37.4 Å². The number of likely N-dealkylation sites (tertiary alicyclic amines) is 1. The molecule has 74 valence electrons. The van der Waals surface area contributed by atoms with E-state index >= 15 is 0 Å². The van der Waals surface area contributed by atoms with Crippen molar-refractivity contribution in [3.05, 3.63) is 0 Å². The molecule has 0 aromatic carbocycles. The first kappa shape index (κ1) is 10.2. The summed E-state index contributed by atoms with van der Waals surface area (Å²) in [6, 6.07) is 0. The number of fused-ring (bicyclic) bond motifs is 1. The van der Waals surface area contributed by atoms with Gasteiger partial charge in [-0.05, 0) is 12.8 Å². The zero-order valence-electron chi connectivity index (χ0n) is 7.25. The average Bonchev–Trinajstić information content (AvgIpc) is 2.33. The van der Waals surface area contributed by atoms with E-state index in [1.807, 2.05) is 0 Å². The molecule has 2 aliphatic rings. The lowest BCUT2D eigenvalue weighted by atomic mass is 9.81. The summed E-state index contributed by atoms with van der Waals surface area (Å²) in [5.74, 6) is 0.141. The van der Waals surface area contributed by atoms with E-state index in [-0.39, 0.29) is 31.1 Å². The zero-order chi connectivity index (χ0) is 8.72. The van der Waals surface area contributed by atoms with Gasteiger partial charge in [-0.3, -0.25) is 14.5 Å². The predicted molar refractivity (Wildman–Crippen MR) is 50.0 cm³/mol. The smallest absolute Gasteiger partial charge is 0.232 e. The van der Waals surface area contributed by atoms with Crippen LogP contribution in [0.4, 0.5) is 0 Å². The van der Waals surface area contributed by atoms with Crippen LogP contribution in [0.3, 0.4) is 0 Å². The molecule has 3 nitrogen and oxygen atoms in total. The molecule has 2 atom stereocenters. The van der Waals surface area contributed by atoms with Gasteiger partial charge in [0.05, 0.1) is 11.8 Å². The van der Waals surface area contributed by atoms with Gasteiger partial charge in [-0.1, -0.05) is 20.3 Å². The minimum absolute atomic E-state index is 0. The fourth-order valence-electron chi connectivity index (χ4n) is 2.33. The minimum atomic E-state index is 0. The van der Waals surface area contributed by atoms with E-state index in [1.165, 1.54) is 4.90 Å². The first-order valence-corrected chi connectivity index (χ1v) is 4.53. The van der Waals surface area contributed by atoms with Crippen LogP contribution in [0, 0.1) is 11.8 Å². The number of carbonyl (C=O) groups excluding carboxylic acids is 2. The summed E-state index contributed by atoms with van der Waals surface area (Å²) in [6.07, 6.45) is 4.04. The fourth-order valence-corrected chi connectivity index (χ4v) is 2.33. The molecule has 1 saturated heterocycles. The van der Waals surface area contributed by atoms with Crippen molar-refractivity contribution in [2.45, 2.75) is 33.1 Å². The molecule has 1 heterocycles. The highest BCUT2D eigenvalue weighted by atomic mass is 16.2. The number of rotatable bonds is 0. The van der Waals surface area contributed by atoms with Crippen LogP contribution >= 0.6 is 0 Å². The monoisotopic (exact) mass is 183 g/mol. The van der Waals surface area contributed by atoms with Gasteiger partial charge in [0.1, 0.15) is 0 Å². The van der Waals surface area contributed by atoms with Crippen LogP contribution in [-0.2, 0) is 9.59 Å². The third kappa shape index (κ3) is 1.36. The Balaban J connectivity index is 0.000000845. The summed E-state index contributed by atoms with van der Waals surface area (Å²) < 4.78 is 0. The van der Waals surface area contributed by atoms with Gasteiger partial charge in [-0.15, -0.1) is 0 Å². The number of amides is 2. The molecule has 0 bridgehead atoms. The summed E-state index contributed by atoms with van der Waals surface area (Å²) in [4.78, 5) is 24.2. The highest BCUT2D eigenvalue weighted by molar-refractivity contribution is 6.04. The molecule has 1 saturated carbocycles. The van der Waals surface area contributed by atoms with Crippen molar-refractivity contribution in [3.63, 3.8) is 0 Å². The second-order valence-electron chi connectivity index (χ2n) is 3.73. The van der Waals surface area contributed by atoms with Crippen molar-refractivity contribution in [2.75, 3.05) is 7.05 Å². The first-order chi connectivity index (χ1) is 5.72. The molecule has 0 spiro atoms. The Kier molecular flexibility index (Phi) is 2.74. The lowest BCUT2D eigenvalue weighted by molar-refractivity contribution is -0.138. The van der Waals surface area contributed by atoms with Crippen molar-refractivity contribution in [3.8, 4) is 0 Å². The molecule has 0 unspecified atom stereocenters. The molecule has 3 heteroatoms. The summed E-state index contributed by atoms with van der Waals surface area (Å²) in [5.41, 5.74) is 0. The van der Waals surface area contributed by atoms with Gasteiger partial charge in [0.15, 0.2) is 0 Å². The van der Waals surface area contributed by atoms with Crippen LogP contribution in [-0.4, -0.2) is 23.8 Å². The Morgan fingerprint density at radius 1 is 1.08 bits per heavy atom. The Hall–Kier alpha value is -0.860. The molecule has 0 N–H and O–H groups in total. The van der Waals surface area contributed by atoms with E-state index in [4.69, 9.17) is 0 Å². The van der Waals surface area contributed by atoms with E-state index < -0.39 is 0 Å². The SMILES string of the molecule is C.CN1C(=O)[C@H]2CCCC[C@H]2C1=O. The van der Waals surface area contributed by atoms with Crippen LogP contribution in [0.2, 0.25) is 0 Å². The Bertz CT molecular complexity index is 213. The van der Waals surface area contributed by atoms with E-state index in [0.29, 0.717) is 0 Å². The van der Waals surface area contributed by atoms with Crippen molar-refractivity contribution in [1.29, 1.82) is 0 Å². The average molecular weight is 183 g/mol. The highest BCUT2D eigenvalue weighted by Gasteiger charge is 2.46. The number of hydrogen-bond acceptors (Lipinski definition) is 2. The second-order valence-corrected chi connectivity index (χ2v) is 3.73. The molecule has 2 amide bonds. The van der Waals surface area contributed by atoms with Gasteiger partial charge < -0.3 is 0 Å². The molecule has 0 aromatic heterocycles. The van der Waals surface area contributed by atoms with E-state index in [2.05, 4.69) is 0 Å². The summed E-state index contributed by atoms with van der Waals surface area (Å²) >= 11 is 0. The normalized spacial score (nSPS) is 32.8. The molecule has 13 heavy (non-hydrogen) atoms. The number of imide groups is 1. The maximum Gasteiger partial charge on any atom is 0.232 e. The first-order valence-electron chi connectivity index (χ1n) is 4.53. The maximum atomic E-state index is 11.5. The second kappa shape index (κ2) is 3.48. The van der Waals surface area contributed by atoms with Crippen LogP contribution < -0.4 is 0 Å². The van der Waals surface area contributed by atoms with Crippen LogP contribution in [0.15, 0.2) is 0 Å². The van der Waals surface area contributed by atoms with Crippen LogP contribution in [0.25, 0.3) is 0 Å². The Labute approximate surface area is 79.1 Å². The summed E-state index contributed by atoms with van der Waals surface area (Å²) in [7, 11) is 1.60. The number of hydrogen-bond donors (Lipinski definition) is 0. The van der Waals surface area contributed by atoms with Crippen molar-refractivity contribution < 1.29 is 9.59 Å². The third-order valence-corrected chi connectivity index (χ3v) is 3.06. The third-order valence-electron chi connectivity index (χ3n) is 3.06. The zero-order valence-corrected chi connectivity index (χ0v) is 7.25. The molecular formula is C10H17NO2. The van der Waals surface area contributed by atoms with Crippen LogP contribution in [0.1, 0.15) is 33.1 Å². The fraction of sp³-hybridized carbons (Fsp3) is 0.800. The maximum absolute atomic E-state index is 11.5.